The van der Waals surface area contributed by atoms with Gasteiger partial charge in [-0.05, 0) is 45.2 Å². The summed E-state index contributed by atoms with van der Waals surface area (Å²) in [6.07, 6.45) is 3.19. The minimum Gasteiger partial charge on any atom is -0.359 e. The molecule has 1 saturated heterocycles. The van der Waals surface area contributed by atoms with Crippen molar-refractivity contribution in [2.45, 2.75) is 33.1 Å². The number of aryl methyl sites for hydroxylation is 2. The molecule has 1 fully saturated rings. The lowest BCUT2D eigenvalue weighted by Gasteiger charge is -2.33. The molecule has 1 aromatic rings. The number of piperidine rings is 1. The summed E-state index contributed by atoms with van der Waals surface area (Å²) in [6.45, 7) is 7.59. The Labute approximate surface area is 139 Å². The van der Waals surface area contributed by atoms with Gasteiger partial charge in [-0.1, -0.05) is 6.92 Å². The molecule has 0 saturated carbocycles. The van der Waals surface area contributed by atoms with Crippen molar-refractivity contribution in [3.8, 4) is 0 Å². The van der Waals surface area contributed by atoms with Crippen LogP contribution >= 0.6 is 0 Å². The van der Waals surface area contributed by atoms with Crippen LogP contribution in [-0.4, -0.2) is 61.0 Å². The largest absolute Gasteiger partial charge is 0.359 e. The third-order valence-electron chi connectivity index (χ3n) is 4.52. The molecule has 2 rings (SSSR count). The molecule has 0 spiro atoms. The van der Waals surface area contributed by atoms with Crippen molar-refractivity contribution in [2.24, 2.45) is 5.92 Å². The van der Waals surface area contributed by atoms with E-state index in [1.165, 1.54) is 0 Å². The molecule has 2 heterocycles. The summed E-state index contributed by atoms with van der Waals surface area (Å²) < 4.78 is 0. The standard InChI is InChI=1S/C17H29N5O/c1-5-15-10-16(20-13(2)19-15)21(4)11-14-6-8-22(9-7-14)12-17(23)18-3/h10,14H,5-9,11-12H2,1-4H3,(H,18,23). The van der Waals surface area contributed by atoms with Crippen molar-refractivity contribution in [1.82, 2.24) is 20.2 Å². The molecule has 0 atom stereocenters. The van der Waals surface area contributed by atoms with E-state index in [2.05, 4.69) is 45.1 Å². The van der Waals surface area contributed by atoms with Gasteiger partial charge >= 0.3 is 0 Å². The first-order chi connectivity index (χ1) is 11.0. The first-order valence-electron chi connectivity index (χ1n) is 8.50. The third kappa shape index (κ3) is 5.16. The minimum atomic E-state index is 0.101. The molecular formula is C17H29N5O. The summed E-state index contributed by atoms with van der Waals surface area (Å²) >= 11 is 0. The van der Waals surface area contributed by atoms with Crippen LogP contribution in [0.2, 0.25) is 0 Å². The third-order valence-corrected chi connectivity index (χ3v) is 4.52. The molecule has 0 aromatic carbocycles. The van der Waals surface area contributed by atoms with Crippen LogP contribution in [0.4, 0.5) is 5.82 Å². The molecule has 1 N–H and O–H groups in total. The molecule has 0 radical (unpaired) electrons. The first-order valence-corrected chi connectivity index (χ1v) is 8.50. The van der Waals surface area contributed by atoms with Gasteiger partial charge in [0.1, 0.15) is 11.6 Å². The normalized spacial score (nSPS) is 16.3. The zero-order valence-corrected chi connectivity index (χ0v) is 14.8. The smallest absolute Gasteiger partial charge is 0.233 e. The zero-order chi connectivity index (χ0) is 16.8. The molecule has 0 bridgehead atoms. The van der Waals surface area contributed by atoms with E-state index < -0.39 is 0 Å². The van der Waals surface area contributed by atoms with Crippen molar-refractivity contribution >= 4 is 11.7 Å². The van der Waals surface area contributed by atoms with Gasteiger partial charge in [0.25, 0.3) is 0 Å². The topological polar surface area (TPSA) is 61.4 Å². The van der Waals surface area contributed by atoms with Crippen molar-refractivity contribution in [1.29, 1.82) is 0 Å². The molecule has 1 aliphatic rings. The summed E-state index contributed by atoms with van der Waals surface area (Å²) in [7, 11) is 3.80. The van der Waals surface area contributed by atoms with Gasteiger partial charge in [-0.3, -0.25) is 9.69 Å². The SMILES string of the molecule is CCc1cc(N(C)CC2CCN(CC(=O)NC)CC2)nc(C)n1. The van der Waals surface area contributed by atoms with Gasteiger partial charge in [0.15, 0.2) is 0 Å². The minimum absolute atomic E-state index is 0.101. The second kappa shape index (κ2) is 8.24. The van der Waals surface area contributed by atoms with E-state index in [9.17, 15) is 4.79 Å². The fourth-order valence-corrected chi connectivity index (χ4v) is 3.08. The fraction of sp³-hybridized carbons (Fsp3) is 0.706. The molecule has 1 amide bonds. The van der Waals surface area contributed by atoms with Crippen molar-refractivity contribution in [3.05, 3.63) is 17.6 Å². The highest BCUT2D eigenvalue weighted by molar-refractivity contribution is 5.77. The van der Waals surface area contributed by atoms with E-state index in [0.29, 0.717) is 12.5 Å². The Kier molecular flexibility index (Phi) is 6.33. The average molecular weight is 319 g/mol. The van der Waals surface area contributed by atoms with Gasteiger partial charge in [-0.15, -0.1) is 0 Å². The van der Waals surface area contributed by atoms with Gasteiger partial charge in [0.05, 0.1) is 6.54 Å². The van der Waals surface area contributed by atoms with E-state index >= 15 is 0 Å². The number of anilines is 1. The Bertz CT molecular complexity index is 526. The Morgan fingerprint density at radius 2 is 2.09 bits per heavy atom. The van der Waals surface area contributed by atoms with E-state index in [-0.39, 0.29) is 5.91 Å². The van der Waals surface area contributed by atoms with E-state index in [0.717, 1.165) is 56.2 Å². The van der Waals surface area contributed by atoms with E-state index in [1.54, 1.807) is 7.05 Å². The van der Waals surface area contributed by atoms with Gasteiger partial charge in [-0.2, -0.15) is 0 Å². The van der Waals surface area contributed by atoms with E-state index in [4.69, 9.17) is 0 Å². The van der Waals surface area contributed by atoms with Crippen LogP contribution in [0.3, 0.4) is 0 Å². The molecule has 0 aliphatic carbocycles. The van der Waals surface area contributed by atoms with Gasteiger partial charge in [0.2, 0.25) is 5.91 Å². The predicted molar refractivity (Wildman–Crippen MR) is 92.6 cm³/mol. The maximum absolute atomic E-state index is 11.4. The summed E-state index contributed by atoms with van der Waals surface area (Å²) in [6, 6.07) is 2.09. The highest BCUT2D eigenvalue weighted by Crippen LogP contribution is 2.20. The fourth-order valence-electron chi connectivity index (χ4n) is 3.08. The molecule has 1 aromatic heterocycles. The van der Waals surface area contributed by atoms with Crippen LogP contribution in [0.1, 0.15) is 31.3 Å². The van der Waals surface area contributed by atoms with Gasteiger partial charge < -0.3 is 10.2 Å². The summed E-state index contributed by atoms with van der Waals surface area (Å²) in [5.74, 6) is 2.61. The zero-order valence-electron chi connectivity index (χ0n) is 14.8. The average Bonchev–Trinajstić information content (AvgIpc) is 2.55. The first kappa shape index (κ1) is 17.7. The molecule has 1 aliphatic heterocycles. The molecule has 23 heavy (non-hydrogen) atoms. The second-order valence-electron chi connectivity index (χ2n) is 6.39. The van der Waals surface area contributed by atoms with E-state index in [1.807, 2.05) is 6.92 Å². The molecule has 6 nitrogen and oxygen atoms in total. The maximum Gasteiger partial charge on any atom is 0.233 e. The molecule has 0 unspecified atom stereocenters. The monoisotopic (exact) mass is 319 g/mol. The second-order valence-corrected chi connectivity index (χ2v) is 6.39. The predicted octanol–water partition coefficient (Wildman–Crippen LogP) is 1.24. The number of likely N-dealkylation sites (tertiary alicyclic amines) is 1. The Balaban J connectivity index is 1.86. The summed E-state index contributed by atoms with van der Waals surface area (Å²) in [5, 5.41) is 2.69. The molecule has 128 valence electrons. The van der Waals surface area contributed by atoms with Crippen LogP contribution in [0.5, 0.6) is 0 Å². The van der Waals surface area contributed by atoms with Crippen LogP contribution in [0.25, 0.3) is 0 Å². The molecule has 6 heteroatoms. The lowest BCUT2D eigenvalue weighted by Crippen LogP contribution is -2.42. The van der Waals surface area contributed by atoms with Gasteiger partial charge in [0, 0.05) is 32.4 Å². The number of aromatic nitrogens is 2. The number of hydrogen-bond donors (Lipinski definition) is 1. The maximum atomic E-state index is 11.4. The van der Waals surface area contributed by atoms with Crippen molar-refractivity contribution in [3.63, 3.8) is 0 Å². The number of rotatable bonds is 6. The number of amides is 1. The summed E-state index contributed by atoms with van der Waals surface area (Å²) in [5.41, 5.74) is 1.10. The lowest BCUT2D eigenvalue weighted by molar-refractivity contribution is -0.122. The van der Waals surface area contributed by atoms with Gasteiger partial charge in [-0.25, -0.2) is 9.97 Å². The number of carbonyl (C=O) groups excluding carboxylic acids is 1. The molecular weight excluding hydrogens is 290 g/mol. The number of nitrogens with zero attached hydrogens (tertiary/aromatic N) is 4. The van der Waals surface area contributed by atoms with Crippen LogP contribution in [0, 0.1) is 12.8 Å². The quantitative estimate of drug-likeness (QED) is 0.855. The number of likely N-dealkylation sites (N-methyl/N-ethyl adjacent to an activating group) is 1. The van der Waals surface area contributed by atoms with Crippen molar-refractivity contribution in [2.75, 3.05) is 45.2 Å². The summed E-state index contributed by atoms with van der Waals surface area (Å²) in [4.78, 5) is 24.9. The highest BCUT2D eigenvalue weighted by atomic mass is 16.1. The Hall–Kier alpha value is -1.69. The van der Waals surface area contributed by atoms with Crippen molar-refractivity contribution < 1.29 is 4.79 Å². The lowest BCUT2D eigenvalue weighted by atomic mass is 9.96. The highest BCUT2D eigenvalue weighted by Gasteiger charge is 2.22. The van der Waals surface area contributed by atoms with Crippen LogP contribution < -0.4 is 10.2 Å². The van der Waals surface area contributed by atoms with Crippen LogP contribution in [0.15, 0.2) is 6.07 Å². The Morgan fingerprint density at radius 3 is 2.70 bits per heavy atom. The number of nitrogens with one attached hydrogen (secondary N) is 1. The number of carbonyl (C=O) groups is 1. The Morgan fingerprint density at radius 1 is 1.39 bits per heavy atom. The number of hydrogen-bond acceptors (Lipinski definition) is 5. The van der Waals surface area contributed by atoms with Crippen LogP contribution in [-0.2, 0) is 11.2 Å².